The lowest BCUT2D eigenvalue weighted by molar-refractivity contribution is 0.0600. The molecular weight excluding hydrogens is 401 g/mol. The lowest BCUT2D eigenvalue weighted by Crippen LogP contribution is -2.13. The predicted octanol–water partition coefficient (Wildman–Crippen LogP) is 4.59. The third kappa shape index (κ3) is 4.52. The van der Waals surface area contributed by atoms with Gasteiger partial charge in [-0.05, 0) is 48.9 Å². The third-order valence-electron chi connectivity index (χ3n) is 4.11. The van der Waals surface area contributed by atoms with E-state index in [2.05, 4.69) is 15.2 Å². The highest BCUT2D eigenvalue weighted by Crippen LogP contribution is 2.23. The van der Waals surface area contributed by atoms with Gasteiger partial charge in [-0.15, -0.1) is 0 Å². The van der Waals surface area contributed by atoms with Gasteiger partial charge >= 0.3 is 5.97 Å². The molecule has 0 aliphatic rings. The van der Waals surface area contributed by atoms with Gasteiger partial charge in [0.15, 0.2) is 5.82 Å². The number of nitrogens with one attached hydrogen (secondary N) is 1. The van der Waals surface area contributed by atoms with Crippen LogP contribution < -0.4 is 5.32 Å². The number of methoxy groups -OCH3 is 1. The Bertz CT molecular complexity index is 1030. The molecule has 0 radical (unpaired) electrons. The number of carbonyl (C=O) groups is 2. The number of rotatable bonds is 5. The molecule has 0 fully saturated rings. The number of hydrogen-bond acceptors (Lipinski definition) is 4. The second-order valence-corrected chi connectivity index (χ2v) is 6.91. The highest BCUT2D eigenvalue weighted by Gasteiger charge is 2.12. The van der Waals surface area contributed by atoms with E-state index in [1.165, 1.54) is 19.2 Å². The molecule has 144 valence electrons. The predicted molar refractivity (Wildman–Crippen MR) is 108 cm³/mol. The van der Waals surface area contributed by atoms with Crippen molar-refractivity contribution < 1.29 is 14.3 Å². The number of halogens is 2. The molecular formula is C20H17Cl2N3O3. The number of carbonyl (C=O) groups excluding carboxylic acids is 2. The van der Waals surface area contributed by atoms with Crippen LogP contribution in [0.5, 0.6) is 0 Å². The molecule has 0 aliphatic heterocycles. The number of esters is 1. The van der Waals surface area contributed by atoms with Crippen molar-refractivity contribution >= 4 is 40.9 Å². The number of nitrogens with zero attached hydrogens (tertiary/aromatic N) is 2. The van der Waals surface area contributed by atoms with Gasteiger partial charge < -0.3 is 10.1 Å². The van der Waals surface area contributed by atoms with Crippen LogP contribution in [-0.4, -0.2) is 28.8 Å². The van der Waals surface area contributed by atoms with Crippen molar-refractivity contribution in [2.75, 3.05) is 12.4 Å². The highest BCUT2D eigenvalue weighted by molar-refractivity contribution is 6.42. The van der Waals surface area contributed by atoms with Crippen LogP contribution in [0.2, 0.25) is 10.0 Å². The molecule has 0 atom stereocenters. The first kappa shape index (κ1) is 19.9. The van der Waals surface area contributed by atoms with Gasteiger partial charge in [-0.2, -0.15) is 5.10 Å². The Balaban J connectivity index is 1.71. The largest absolute Gasteiger partial charge is 0.465 e. The first-order valence-corrected chi connectivity index (χ1v) is 9.11. The number of ether oxygens (including phenoxy) is 1. The minimum absolute atomic E-state index is 0.324. The van der Waals surface area contributed by atoms with E-state index in [9.17, 15) is 9.59 Å². The van der Waals surface area contributed by atoms with Crippen LogP contribution in [0.15, 0.2) is 48.5 Å². The topological polar surface area (TPSA) is 73.2 Å². The summed E-state index contributed by atoms with van der Waals surface area (Å²) >= 11 is 12.0. The Kier molecular flexibility index (Phi) is 6.02. The summed E-state index contributed by atoms with van der Waals surface area (Å²) in [7, 11) is 1.31. The summed E-state index contributed by atoms with van der Waals surface area (Å²) in [4.78, 5) is 23.9. The van der Waals surface area contributed by atoms with E-state index in [0.29, 0.717) is 33.5 Å². The van der Waals surface area contributed by atoms with E-state index in [0.717, 1.165) is 11.3 Å². The number of aryl methyl sites for hydroxylation is 1. The maximum absolute atomic E-state index is 12.4. The minimum Gasteiger partial charge on any atom is -0.465 e. The Hall–Kier alpha value is -2.83. The van der Waals surface area contributed by atoms with Gasteiger partial charge in [-0.25, -0.2) is 4.79 Å². The van der Waals surface area contributed by atoms with Gasteiger partial charge in [0.05, 0.1) is 29.3 Å². The van der Waals surface area contributed by atoms with Crippen LogP contribution in [0.3, 0.4) is 0 Å². The molecule has 0 spiro atoms. The summed E-state index contributed by atoms with van der Waals surface area (Å²) in [5.41, 5.74) is 2.60. The van der Waals surface area contributed by atoms with Crippen LogP contribution in [0.25, 0.3) is 0 Å². The van der Waals surface area contributed by atoms with Gasteiger partial charge in [-0.3, -0.25) is 9.48 Å². The van der Waals surface area contributed by atoms with Gasteiger partial charge in [0.25, 0.3) is 5.91 Å². The van der Waals surface area contributed by atoms with Gasteiger partial charge in [0.1, 0.15) is 0 Å². The number of hydrogen-bond donors (Lipinski definition) is 1. The molecule has 0 aliphatic carbocycles. The normalized spacial score (nSPS) is 10.6. The monoisotopic (exact) mass is 417 g/mol. The molecule has 1 heterocycles. The van der Waals surface area contributed by atoms with E-state index in [1.54, 1.807) is 35.0 Å². The van der Waals surface area contributed by atoms with Crippen molar-refractivity contribution in [2.24, 2.45) is 0 Å². The molecule has 8 heteroatoms. The number of anilines is 1. The average molecular weight is 418 g/mol. The first-order valence-electron chi connectivity index (χ1n) is 8.35. The maximum Gasteiger partial charge on any atom is 0.337 e. The Morgan fingerprint density at radius 1 is 1.04 bits per heavy atom. The molecule has 2 aromatic carbocycles. The van der Waals surface area contributed by atoms with Crippen LogP contribution in [0.1, 0.15) is 32.0 Å². The van der Waals surface area contributed by atoms with Crippen molar-refractivity contribution in [3.05, 3.63) is 81.0 Å². The minimum atomic E-state index is -0.455. The molecule has 6 nitrogen and oxygen atoms in total. The second-order valence-electron chi connectivity index (χ2n) is 6.10. The fraction of sp³-hybridized carbons (Fsp3) is 0.150. The zero-order chi connectivity index (χ0) is 20.3. The van der Waals surface area contributed by atoms with E-state index in [-0.39, 0.29) is 5.91 Å². The fourth-order valence-electron chi connectivity index (χ4n) is 2.61. The van der Waals surface area contributed by atoms with Crippen LogP contribution in [0, 0.1) is 6.92 Å². The molecule has 3 aromatic rings. The van der Waals surface area contributed by atoms with E-state index in [1.807, 2.05) is 13.0 Å². The quantitative estimate of drug-likeness (QED) is 0.616. The summed E-state index contributed by atoms with van der Waals surface area (Å²) < 4.78 is 6.40. The van der Waals surface area contributed by atoms with Crippen LogP contribution in [0.4, 0.5) is 5.82 Å². The van der Waals surface area contributed by atoms with Crippen molar-refractivity contribution in [3.63, 3.8) is 0 Å². The van der Waals surface area contributed by atoms with Crippen molar-refractivity contribution in [2.45, 2.75) is 13.5 Å². The van der Waals surface area contributed by atoms with E-state index < -0.39 is 5.97 Å². The van der Waals surface area contributed by atoms with E-state index in [4.69, 9.17) is 23.2 Å². The summed E-state index contributed by atoms with van der Waals surface area (Å²) in [6, 6.07) is 13.4. The van der Waals surface area contributed by atoms with E-state index >= 15 is 0 Å². The maximum atomic E-state index is 12.4. The summed E-state index contributed by atoms with van der Waals surface area (Å²) in [6.07, 6.45) is 0. The first-order chi connectivity index (χ1) is 13.4. The van der Waals surface area contributed by atoms with Gasteiger partial charge in [-0.1, -0.05) is 29.3 Å². The Morgan fingerprint density at radius 2 is 1.71 bits per heavy atom. The number of amides is 1. The smallest absolute Gasteiger partial charge is 0.337 e. The molecule has 0 saturated heterocycles. The molecule has 0 saturated carbocycles. The Morgan fingerprint density at radius 3 is 2.36 bits per heavy atom. The van der Waals surface area contributed by atoms with Crippen LogP contribution in [-0.2, 0) is 11.3 Å². The van der Waals surface area contributed by atoms with Crippen molar-refractivity contribution in [1.82, 2.24) is 9.78 Å². The van der Waals surface area contributed by atoms with Crippen LogP contribution >= 0.6 is 23.2 Å². The molecule has 0 unspecified atom stereocenters. The zero-order valence-electron chi connectivity index (χ0n) is 15.2. The zero-order valence-corrected chi connectivity index (χ0v) is 16.7. The van der Waals surface area contributed by atoms with Gasteiger partial charge in [0, 0.05) is 17.3 Å². The number of benzene rings is 2. The summed E-state index contributed by atoms with van der Waals surface area (Å²) in [5, 5.41) is 8.14. The highest BCUT2D eigenvalue weighted by atomic mass is 35.5. The molecule has 28 heavy (non-hydrogen) atoms. The lowest BCUT2D eigenvalue weighted by atomic mass is 10.1. The molecule has 0 bridgehead atoms. The fourth-order valence-corrected chi connectivity index (χ4v) is 2.93. The molecule has 1 aromatic heterocycles. The van der Waals surface area contributed by atoms with Crippen molar-refractivity contribution in [1.29, 1.82) is 0 Å². The molecule has 1 amide bonds. The number of aromatic nitrogens is 2. The lowest BCUT2D eigenvalue weighted by Gasteiger charge is -2.06. The third-order valence-corrected chi connectivity index (χ3v) is 4.85. The summed E-state index contributed by atoms with van der Waals surface area (Å²) in [5.74, 6) is -0.348. The molecule has 3 rings (SSSR count). The Labute approximate surface area is 172 Å². The van der Waals surface area contributed by atoms with Crippen molar-refractivity contribution in [3.8, 4) is 0 Å². The average Bonchev–Trinajstić information content (AvgIpc) is 3.03. The second kappa shape index (κ2) is 8.46. The summed E-state index contributed by atoms with van der Waals surface area (Å²) in [6.45, 7) is 2.39. The van der Waals surface area contributed by atoms with Gasteiger partial charge in [0.2, 0.25) is 0 Å². The standard InChI is InChI=1S/C20H17Cl2N3O3/c1-12-9-18(24-25(12)11-13-3-8-16(21)17(22)10-13)23-19(26)14-4-6-15(7-5-14)20(27)28-2/h3-10H,11H2,1-2H3,(H,23,24,26). The molecule has 1 N–H and O–H groups in total. The SMILES string of the molecule is COC(=O)c1ccc(C(=O)Nc2cc(C)n(Cc3ccc(Cl)c(Cl)c3)n2)cc1.